The number of ether oxygens (including phenoxy) is 2. The van der Waals surface area contributed by atoms with E-state index >= 15 is 0 Å². The summed E-state index contributed by atoms with van der Waals surface area (Å²) in [6.07, 6.45) is 4.72. The highest BCUT2D eigenvalue weighted by Crippen LogP contribution is 2.20. The van der Waals surface area contributed by atoms with Crippen LogP contribution < -0.4 is 5.32 Å². The van der Waals surface area contributed by atoms with Crippen molar-refractivity contribution >= 4 is 12.2 Å². The minimum absolute atomic E-state index is 0.0613. The number of cyclic esters (lactones) is 1. The molecule has 0 radical (unpaired) electrons. The van der Waals surface area contributed by atoms with Gasteiger partial charge in [0.15, 0.2) is 0 Å². The van der Waals surface area contributed by atoms with Crippen molar-refractivity contribution in [2.75, 3.05) is 19.8 Å². The van der Waals surface area contributed by atoms with Crippen LogP contribution in [0.4, 0.5) is 9.59 Å². The molecule has 0 aliphatic carbocycles. The fourth-order valence-electron chi connectivity index (χ4n) is 2.72. The van der Waals surface area contributed by atoms with Crippen LogP contribution in [0.15, 0.2) is 42.9 Å². The van der Waals surface area contributed by atoms with Gasteiger partial charge in [0.1, 0.15) is 12.2 Å². The maximum Gasteiger partial charge on any atom is 0.411 e. The molecule has 27 heavy (non-hydrogen) atoms. The molecular weight excluding hydrogens is 348 g/mol. The van der Waals surface area contributed by atoms with Gasteiger partial charge in [0.25, 0.3) is 0 Å². The number of aromatic nitrogens is 2. The summed E-state index contributed by atoms with van der Waals surface area (Å²) in [5, 5.41) is 2.56. The zero-order valence-electron chi connectivity index (χ0n) is 15.3. The Bertz CT molecular complexity index is 793. The molecule has 0 bridgehead atoms. The van der Waals surface area contributed by atoms with Crippen molar-refractivity contribution in [3.8, 4) is 11.1 Å². The van der Waals surface area contributed by atoms with E-state index < -0.39 is 17.8 Å². The monoisotopic (exact) mass is 370 g/mol. The van der Waals surface area contributed by atoms with Crippen LogP contribution in [0.3, 0.4) is 0 Å². The Labute approximate surface area is 157 Å². The fraction of sp³-hybridized carbons (Fsp3) is 0.368. The largest absolute Gasteiger partial charge is 0.447 e. The van der Waals surface area contributed by atoms with Crippen molar-refractivity contribution in [2.45, 2.75) is 25.9 Å². The molecule has 8 nitrogen and oxygen atoms in total. The summed E-state index contributed by atoms with van der Waals surface area (Å²) in [5.74, 6) is 0. The lowest BCUT2D eigenvalue weighted by atomic mass is 10.0. The van der Waals surface area contributed by atoms with E-state index in [9.17, 15) is 9.59 Å². The number of hydrogen-bond acceptors (Lipinski definition) is 6. The van der Waals surface area contributed by atoms with Gasteiger partial charge in [-0.2, -0.15) is 0 Å². The van der Waals surface area contributed by atoms with E-state index in [-0.39, 0.29) is 6.67 Å². The number of alkyl carbamates (subject to hydrolysis) is 1. The molecule has 2 aromatic heterocycles. The first-order chi connectivity index (χ1) is 12.9. The topological polar surface area (TPSA) is 93.7 Å². The normalized spacial score (nSPS) is 14.0. The van der Waals surface area contributed by atoms with Gasteiger partial charge in [-0.05, 0) is 26.0 Å². The first-order valence-electron chi connectivity index (χ1n) is 8.67. The minimum Gasteiger partial charge on any atom is -0.447 e. The molecule has 8 heteroatoms. The van der Waals surface area contributed by atoms with Crippen molar-refractivity contribution < 1.29 is 19.1 Å². The number of amides is 2. The summed E-state index contributed by atoms with van der Waals surface area (Å²) in [4.78, 5) is 33.3. The molecule has 1 aliphatic rings. The highest BCUT2D eigenvalue weighted by atomic mass is 16.6. The molecule has 1 aliphatic heterocycles. The summed E-state index contributed by atoms with van der Waals surface area (Å²) in [6.45, 7) is 4.48. The van der Waals surface area contributed by atoms with Crippen molar-refractivity contribution in [3.63, 3.8) is 0 Å². The molecule has 0 aromatic carbocycles. The predicted molar refractivity (Wildman–Crippen MR) is 97.8 cm³/mol. The first kappa shape index (κ1) is 18.6. The summed E-state index contributed by atoms with van der Waals surface area (Å²) >= 11 is 0. The quantitative estimate of drug-likeness (QED) is 0.840. The van der Waals surface area contributed by atoms with E-state index in [2.05, 4.69) is 15.3 Å². The van der Waals surface area contributed by atoms with Crippen LogP contribution in [0.2, 0.25) is 0 Å². The second-order valence-electron chi connectivity index (χ2n) is 6.82. The lowest BCUT2D eigenvalue weighted by Gasteiger charge is -2.25. The molecule has 2 aromatic rings. The predicted octanol–water partition coefficient (Wildman–Crippen LogP) is 2.60. The van der Waals surface area contributed by atoms with Gasteiger partial charge < -0.3 is 14.8 Å². The second kappa shape index (κ2) is 8.03. The summed E-state index contributed by atoms with van der Waals surface area (Å²) in [5.41, 5.74) is 2.02. The zero-order valence-corrected chi connectivity index (χ0v) is 15.3. The van der Waals surface area contributed by atoms with Gasteiger partial charge in [-0.3, -0.25) is 14.9 Å². The molecule has 0 saturated carbocycles. The molecule has 1 saturated heterocycles. The van der Waals surface area contributed by atoms with Gasteiger partial charge in [-0.25, -0.2) is 9.59 Å². The highest BCUT2D eigenvalue weighted by Gasteiger charge is 2.26. The number of rotatable bonds is 6. The van der Waals surface area contributed by atoms with Crippen LogP contribution >= 0.6 is 0 Å². The highest BCUT2D eigenvalue weighted by molar-refractivity contribution is 5.71. The maximum absolute atomic E-state index is 12.0. The van der Waals surface area contributed by atoms with E-state index in [4.69, 9.17) is 9.47 Å². The van der Waals surface area contributed by atoms with Crippen molar-refractivity contribution in [3.05, 3.63) is 48.5 Å². The van der Waals surface area contributed by atoms with Crippen LogP contribution in [0, 0.1) is 0 Å². The Kier molecular flexibility index (Phi) is 5.54. The lowest BCUT2D eigenvalue weighted by molar-refractivity contribution is 0.0368. The summed E-state index contributed by atoms with van der Waals surface area (Å²) in [7, 11) is 0. The molecule has 142 valence electrons. The number of nitrogens with zero attached hydrogens (tertiary/aromatic N) is 3. The van der Waals surface area contributed by atoms with Gasteiger partial charge in [-0.1, -0.05) is 12.1 Å². The molecule has 2 amide bonds. The average molecular weight is 370 g/mol. The maximum atomic E-state index is 12.0. The Hall–Kier alpha value is -3.16. The van der Waals surface area contributed by atoms with Gasteiger partial charge >= 0.3 is 12.2 Å². The van der Waals surface area contributed by atoms with Crippen LogP contribution in [0.5, 0.6) is 0 Å². The Morgan fingerprint density at radius 2 is 2.11 bits per heavy atom. The van der Waals surface area contributed by atoms with Gasteiger partial charge in [0.05, 0.1) is 13.2 Å². The third-order valence-corrected chi connectivity index (χ3v) is 4.05. The summed E-state index contributed by atoms with van der Waals surface area (Å²) in [6, 6.07) is 7.72. The van der Waals surface area contributed by atoms with Crippen molar-refractivity contribution in [2.24, 2.45) is 0 Å². The molecule has 1 fully saturated rings. The van der Waals surface area contributed by atoms with E-state index in [1.54, 1.807) is 18.6 Å². The number of nitrogens with one attached hydrogen (secondary N) is 1. The van der Waals surface area contributed by atoms with Crippen molar-refractivity contribution in [1.29, 1.82) is 0 Å². The Morgan fingerprint density at radius 1 is 1.30 bits per heavy atom. The second-order valence-corrected chi connectivity index (χ2v) is 6.82. The molecule has 0 atom stereocenters. The third kappa shape index (κ3) is 5.16. The first-order valence-corrected chi connectivity index (χ1v) is 8.67. The average Bonchev–Trinajstić information content (AvgIpc) is 3.05. The van der Waals surface area contributed by atoms with Crippen LogP contribution in [0.25, 0.3) is 11.1 Å². The van der Waals surface area contributed by atoms with Crippen molar-refractivity contribution in [1.82, 2.24) is 20.2 Å². The number of hydrogen-bond donors (Lipinski definition) is 1. The Morgan fingerprint density at radius 3 is 2.74 bits per heavy atom. The minimum atomic E-state index is -0.752. The van der Waals surface area contributed by atoms with Gasteiger partial charge in [0.2, 0.25) is 0 Å². The number of carbonyl (C=O) groups is 2. The van der Waals surface area contributed by atoms with Crippen LogP contribution in [-0.4, -0.2) is 52.5 Å². The smallest absolute Gasteiger partial charge is 0.411 e. The Balaban J connectivity index is 1.52. The van der Waals surface area contributed by atoms with E-state index in [0.29, 0.717) is 19.6 Å². The molecule has 3 heterocycles. The molecule has 1 N–H and O–H groups in total. The van der Waals surface area contributed by atoms with Gasteiger partial charge in [-0.15, -0.1) is 0 Å². The zero-order chi connectivity index (χ0) is 19.3. The lowest BCUT2D eigenvalue weighted by Crippen LogP contribution is -2.42. The SMILES string of the molecule is CC(C)(Cc1ccc(-c2cccnc2)cn1)OC(=O)NCN1CCOC1=O. The van der Waals surface area contributed by atoms with Crippen LogP contribution in [0.1, 0.15) is 19.5 Å². The van der Waals surface area contributed by atoms with E-state index in [1.165, 1.54) is 4.90 Å². The molecule has 3 rings (SSSR count). The van der Waals surface area contributed by atoms with Crippen LogP contribution in [-0.2, 0) is 15.9 Å². The fourth-order valence-corrected chi connectivity index (χ4v) is 2.72. The molecule has 0 spiro atoms. The molecule has 0 unspecified atom stereocenters. The van der Waals surface area contributed by atoms with E-state index in [0.717, 1.165) is 16.8 Å². The summed E-state index contributed by atoms with van der Waals surface area (Å²) < 4.78 is 10.3. The molecular formula is C19H22N4O4. The number of pyridine rings is 2. The standard InChI is InChI=1S/C19H22N4O4/c1-19(2,27-17(24)22-13-23-8-9-26-18(23)25)10-16-6-5-15(12-21-16)14-4-3-7-20-11-14/h3-7,11-12H,8-10,13H2,1-2H3,(H,22,24). The third-order valence-electron chi connectivity index (χ3n) is 4.05. The van der Waals surface area contributed by atoms with E-state index in [1.807, 2.05) is 38.1 Å². The van der Waals surface area contributed by atoms with Gasteiger partial charge in [0, 0.05) is 41.8 Å². The number of carbonyl (C=O) groups excluding carboxylic acids is 2.